The van der Waals surface area contributed by atoms with Crippen molar-refractivity contribution in [1.29, 1.82) is 0 Å². The average molecular weight is 332 g/mol. The van der Waals surface area contributed by atoms with Crippen molar-refractivity contribution < 1.29 is 14.3 Å². The molecule has 0 unspecified atom stereocenters. The molecule has 0 radical (unpaired) electrons. The predicted molar refractivity (Wildman–Crippen MR) is 91.3 cm³/mol. The molecule has 0 saturated heterocycles. The van der Waals surface area contributed by atoms with E-state index in [-0.39, 0.29) is 23.3 Å². The molecule has 0 spiro atoms. The predicted octanol–water partition coefficient (Wildman–Crippen LogP) is 1.63. The third kappa shape index (κ3) is 4.32. The summed E-state index contributed by atoms with van der Waals surface area (Å²) < 4.78 is 6.60. The second-order valence-corrected chi connectivity index (χ2v) is 5.45. The molecule has 0 aliphatic rings. The molecular weight excluding hydrogens is 308 g/mol. The molecule has 2 aromatic rings. The van der Waals surface area contributed by atoms with E-state index in [1.54, 1.807) is 29.8 Å². The molecule has 0 aliphatic heterocycles. The number of aromatic nitrogens is 2. The van der Waals surface area contributed by atoms with Gasteiger partial charge in [-0.3, -0.25) is 14.0 Å². The highest BCUT2D eigenvalue weighted by Crippen LogP contribution is 2.13. The fourth-order valence-electron chi connectivity index (χ4n) is 2.32. The van der Waals surface area contributed by atoms with Crippen molar-refractivity contribution in [3.63, 3.8) is 0 Å². The maximum atomic E-state index is 12.4. The summed E-state index contributed by atoms with van der Waals surface area (Å²) in [5.74, 6) is -0.339. The lowest BCUT2D eigenvalue weighted by atomic mass is 10.3. The Morgan fingerprint density at radius 1 is 1.17 bits per heavy atom. The molecule has 7 nitrogen and oxygen atoms in total. The van der Waals surface area contributed by atoms with Gasteiger partial charge in [0.25, 0.3) is 11.8 Å². The first-order valence-corrected chi connectivity index (χ1v) is 8.21. The minimum absolute atomic E-state index is 0.226. The van der Waals surface area contributed by atoms with Gasteiger partial charge in [-0.1, -0.05) is 19.4 Å². The van der Waals surface area contributed by atoms with Crippen molar-refractivity contribution in [3.05, 3.63) is 35.9 Å². The summed E-state index contributed by atoms with van der Waals surface area (Å²) in [6.45, 7) is 3.73. The standard InChI is InChI=1S/C17H24N4O3/c1-3-4-9-19-17(23)15-20-14(13-8-5-6-11-21(13)15)16(22)18-10-7-12-24-2/h5-6,8,11H,3-4,7,9-10,12H2,1-2H3,(H,18,22)(H,19,23). The highest BCUT2D eigenvalue weighted by atomic mass is 16.5. The van der Waals surface area contributed by atoms with E-state index in [1.165, 1.54) is 0 Å². The molecule has 130 valence electrons. The molecule has 0 aromatic carbocycles. The molecule has 0 saturated carbocycles. The smallest absolute Gasteiger partial charge is 0.287 e. The first-order valence-electron chi connectivity index (χ1n) is 8.21. The summed E-state index contributed by atoms with van der Waals surface area (Å²) in [5, 5.41) is 5.64. The van der Waals surface area contributed by atoms with Gasteiger partial charge in [0.05, 0.1) is 5.52 Å². The summed E-state index contributed by atoms with van der Waals surface area (Å²) >= 11 is 0. The van der Waals surface area contributed by atoms with Gasteiger partial charge in [-0.2, -0.15) is 0 Å². The number of rotatable bonds is 9. The lowest BCUT2D eigenvalue weighted by Gasteiger charge is -2.03. The van der Waals surface area contributed by atoms with E-state index < -0.39 is 0 Å². The van der Waals surface area contributed by atoms with E-state index in [0.717, 1.165) is 19.3 Å². The van der Waals surface area contributed by atoms with E-state index in [2.05, 4.69) is 22.5 Å². The SMILES string of the molecule is CCCCNC(=O)c1nc(C(=O)NCCCOC)c2ccccn12. The van der Waals surface area contributed by atoms with Gasteiger partial charge in [-0.05, 0) is 25.0 Å². The minimum atomic E-state index is -0.289. The number of pyridine rings is 1. The Labute approximate surface area is 141 Å². The van der Waals surface area contributed by atoms with Crippen molar-refractivity contribution in [2.24, 2.45) is 0 Å². The zero-order chi connectivity index (χ0) is 17.4. The number of unbranched alkanes of at least 4 members (excludes halogenated alkanes) is 1. The van der Waals surface area contributed by atoms with Gasteiger partial charge in [0, 0.05) is 33.0 Å². The van der Waals surface area contributed by atoms with Crippen LogP contribution in [0.1, 0.15) is 47.3 Å². The average Bonchev–Trinajstić information content (AvgIpc) is 2.98. The number of ether oxygens (including phenoxy) is 1. The molecule has 2 amide bonds. The van der Waals surface area contributed by atoms with Gasteiger partial charge in [0.1, 0.15) is 0 Å². The number of carbonyl (C=O) groups excluding carboxylic acids is 2. The van der Waals surface area contributed by atoms with Gasteiger partial charge in [-0.25, -0.2) is 4.98 Å². The van der Waals surface area contributed by atoms with Crippen LogP contribution in [-0.4, -0.2) is 48.0 Å². The van der Waals surface area contributed by atoms with Crippen molar-refractivity contribution in [3.8, 4) is 0 Å². The van der Waals surface area contributed by atoms with Crippen LogP contribution in [0.5, 0.6) is 0 Å². The van der Waals surface area contributed by atoms with E-state index in [9.17, 15) is 9.59 Å². The van der Waals surface area contributed by atoms with Crippen molar-refractivity contribution >= 4 is 17.3 Å². The number of methoxy groups -OCH3 is 1. The van der Waals surface area contributed by atoms with Crippen LogP contribution in [0, 0.1) is 0 Å². The molecular formula is C17H24N4O3. The van der Waals surface area contributed by atoms with Gasteiger partial charge in [0.2, 0.25) is 5.82 Å². The number of carbonyl (C=O) groups is 2. The fraction of sp³-hybridized carbons (Fsp3) is 0.471. The summed E-state index contributed by atoms with van der Waals surface area (Å²) in [6.07, 6.45) is 4.36. The monoisotopic (exact) mass is 332 g/mol. The fourth-order valence-corrected chi connectivity index (χ4v) is 2.32. The Morgan fingerprint density at radius 2 is 1.92 bits per heavy atom. The first kappa shape index (κ1) is 17.9. The summed E-state index contributed by atoms with van der Waals surface area (Å²) in [7, 11) is 1.62. The van der Waals surface area contributed by atoms with Crippen LogP contribution >= 0.6 is 0 Å². The van der Waals surface area contributed by atoms with Crippen LogP contribution in [0.15, 0.2) is 24.4 Å². The van der Waals surface area contributed by atoms with E-state index >= 15 is 0 Å². The summed E-state index contributed by atoms with van der Waals surface area (Å²) in [5.41, 5.74) is 0.871. The molecule has 7 heteroatoms. The second-order valence-electron chi connectivity index (χ2n) is 5.45. The summed E-state index contributed by atoms with van der Waals surface area (Å²) in [4.78, 5) is 29.0. The Morgan fingerprint density at radius 3 is 2.67 bits per heavy atom. The lowest BCUT2D eigenvalue weighted by molar-refractivity contribution is 0.0942. The van der Waals surface area contributed by atoms with Crippen LogP contribution in [0.25, 0.3) is 5.52 Å². The van der Waals surface area contributed by atoms with Gasteiger partial charge in [0.15, 0.2) is 5.69 Å². The Hall–Kier alpha value is -2.41. The zero-order valence-electron chi connectivity index (χ0n) is 14.2. The normalized spacial score (nSPS) is 10.8. The molecule has 2 heterocycles. The van der Waals surface area contributed by atoms with Crippen LogP contribution in [-0.2, 0) is 4.74 Å². The number of imidazole rings is 1. The first-order chi connectivity index (χ1) is 11.7. The van der Waals surface area contributed by atoms with Crippen molar-refractivity contribution in [2.45, 2.75) is 26.2 Å². The maximum Gasteiger partial charge on any atom is 0.287 e. The van der Waals surface area contributed by atoms with Crippen molar-refractivity contribution in [1.82, 2.24) is 20.0 Å². The largest absolute Gasteiger partial charge is 0.385 e. The lowest BCUT2D eigenvalue weighted by Crippen LogP contribution is -2.27. The van der Waals surface area contributed by atoms with Crippen LogP contribution < -0.4 is 10.6 Å². The molecule has 2 rings (SSSR count). The molecule has 0 atom stereocenters. The van der Waals surface area contributed by atoms with E-state index in [4.69, 9.17) is 4.74 Å². The van der Waals surface area contributed by atoms with Crippen LogP contribution in [0.4, 0.5) is 0 Å². The van der Waals surface area contributed by atoms with Gasteiger partial charge >= 0.3 is 0 Å². The molecule has 0 fully saturated rings. The second kappa shape index (κ2) is 9.02. The van der Waals surface area contributed by atoms with E-state index in [0.29, 0.717) is 25.2 Å². The van der Waals surface area contributed by atoms with Gasteiger partial charge < -0.3 is 15.4 Å². The quantitative estimate of drug-likeness (QED) is 0.684. The number of hydrogen-bond donors (Lipinski definition) is 2. The zero-order valence-corrected chi connectivity index (χ0v) is 14.2. The Balaban J connectivity index is 2.18. The number of fused-ring (bicyclic) bond motifs is 1. The molecule has 0 bridgehead atoms. The highest BCUT2D eigenvalue weighted by Gasteiger charge is 2.20. The molecule has 2 aromatic heterocycles. The van der Waals surface area contributed by atoms with Crippen LogP contribution in [0.2, 0.25) is 0 Å². The van der Waals surface area contributed by atoms with E-state index in [1.807, 2.05) is 6.07 Å². The third-order valence-corrected chi connectivity index (χ3v) is 3.59. The Kier molecular flexibility index (Phi) is 6.74. The molecule has 24 heavy (non-hydrogen) atoms. The number of nitrogens with one attached hydrogen (secondary N) is 2. The number of hydrogen-bond acceptors (Lipinski definition) is 4. The minimum Gasteiger partial charge on any atom is -0.385 e. The molecule has 0 aliphatic carbocycles. The number of nitrogens with zero attached hydrogens (tertiary/aromatic N) is 2. The number of amides is 2. The summed E-state index contributed by atoms with van der Waals surface area (Å²) in [6, 6.07) is 5.40. The van der Waals surface area contributed by atoms with Gasteiger partial charge in [-0.15, -0.1) is 0 Å². The third-order valence-electron chi connectivity index (χ3n) is 3.59. The highest BCUT2D eigenvalue weighted by molar-refractivity contribution is 6.02. The Bertz CT molecular complexity index is 696. The van der Waals surface area contributed by atoms with Crippen molar-refractivity contribution in [2.75, 3.05) is 26.8 Å². The molecule has 2 N–H and O–H groups in total. The maximum absolute atomic E-state index is 12.4. The van der Waals surface area contributed by atoms with Crippen LogP contribution in [0.3, 0.4) is 0 Å². The topological polar surface area (TPSA) is 84.7 Å².